The molecule has 0 fully saturated rings. The first kappa shape index (κ1) is 13.9. The third-order valence-electron chi connectivity index (χ3n) is 4.72. The van der Waals surface area contributed by atoms with Crippen LogP contribution in [0, 0.1) is 20.3 Å². The van der Waals surface area contributed by atoms with E-state index in [2.05, 4.69) is 86.7 Å². The van der Waals surface area contributed by atoms with Gasteiger partial charge in [-0.25, -0.2) is 0 Å². The van der Waals surface area contributed by atoms with Gasteiger partial charge in [-0.2, -0.15) is 0 Å². The number of allylic oxidation sites excluding steroid dienone is 4. The first-order valence-electron chi connectivity index (χ1n) is 8.12. The van der Waals surface area contributed by atoms with Crippen LogP contribution < -0.4 is 20.9 Å². The van der Waals surface area contributed by atoms with E-state index in [-0.39, 0.29) is 0 Å². The van der Waals surface area contributed by atoms with E-state index >= 15 is 0 Å². The number of hydrogen-bond donors (Lipinski definition) is 0. The predicted octanol–water partition coefficient (Wildman–Crippen LogP) is 1.85. The summed E-state index contributed by atoms with van der Waals surface area (Å²) in [7, 11) is 0. The summed E-state index contributed by atoms with van der Waals surface area (Å²) in [6.45, 7) is 4.36. The van der Waals surface area contributed by atoms with Gasteiger partial charge in [0.05, 0.1) is 10.4 Å². The van der Waals surface area contributed by atoms with E-state index in [0.717, 1.165) is 6.42 Å². The molecule has 0 atom stereocenters. The fourth-order valence-electron chi connectivity index (χ4n) is 3.40. The quantitative estimate of drug-likeness (QED) is 0.651. The summed E-state index contributed by atoms with van der Waals surface area (Å²) in [5, 5.41) is 4.94. The minimum absolute atomic E-state index is 1.02. The van der Waals surface area contributed by atoms with Crippen LogP contribution in [0.1, 0.15) is 22.3 Å². The molecule has 0 radical (unpaired) electrons. The molecule has 0 spiro atoms. The molecule has 0 bridgehead atoms. The highest BCUT2D eigenvalue weighted by Gasteiger charge is 2.10. The lowest BCUT2D eigenvalue weighted by atomic mass is 9.96. The molecule has 0 saturated carbocycles. The molecule has 0 saturated heterocycles. The standard InChI is InChI=1S/C23H19/c1-16-11-13-18(22-9-5-3-7-20(16)22)15-19-14-12-17(2)21-8-4-6-10-23(19)21/h3-7,9-14H,8H2,1-2H3/q+1. The zero-order valence-electron chi connectivity index (χ0n) is 13.6. The van der Waals surface area contributed by atoms with Gasteiger partial charge in [0.2, 0.25) is 0 Å². The number of rotatable bonds is 0. The second-order valence-corrected chi connectivity index (χ2v) is 6.22. The van der Waals surface area contributed by atoms with Crippen molar-refractivity contribution < 1.29 is 0 Å². The summed E-state index contributed by atoms with van der Waals surface area (Å²) in [5.41, 5.74) is 9.07. The fourth-order valence-corrected chi connectivity index (χ4v) is 3.40. The molecule has 2 aromatic rings. The summed E-state index contributed by atoms with van der Waals surface area (Å²) < 4.78 is 0. The van der Waals surface area contributed by atoms with Crippen LogP contribution >= 0.6 is 0 Å². The van der Waals surface area contributed by atoms with Crippen LogP contribution in [0.15, 0.2) is 48.6 Å². The molecular weight excluding hydrogens is 276 g/mol. The summed E-state index contributed by atoms with van der Waals surface area (Å²) in [4.78, 5) is 0. The highest BCUT2D eigenvalue weighted by atomic mass is 14.1. The number of aryl methyl sites for hydroxylation is 2. The van der Waals surface area contributed by atoms with Gasteiger partial charge in [-0.15, -0.1) is 0 Å². The molecule has 2 aromatic carbocycles. The van der Waals surface area contributed by atoms with Crippen molar-refractivity contribution in [1.29, 1.82) is 0 Å². The highest BCUT2D eigenvalue weighted by Crippen LogP contribution is 2.07. The van der Waals surface area contributed by atoms with Crippen LogP contribution in [0.2, 0.25) is 0 Å². The molecule has 0 unspecified atom stereocenters. The molecule has 0 heterocycles. The smallest absolute Gasteiger partial charge is 0.0927 e. The van der Waals surface area contributed by atoms with Gasteiger partial charge in [0.25, 0.3) is 0 Å². The minimum Gasteiger partial charge on any atom is -0.0927 e. The molecule has 0 nitrogen and oxygen atoms in total. The molecule has 110 valence electrons. The molecule has 4 rings (SSSR count). The topological polar surface area (TPSA) is 0 Å². The third kappa shape index (κ3) is 2.38. The second-order valence-electron chi connectivity index (χ2n) is 6.22. The number of benzene rings is 2. The lowest BCUT2D eigenvalue weighted by Gasteiger charge is -2.07. The lowest BCUT2D eigenvalue weighted by molar-refractivity contribution is 1.16. The van der Waals surface area contributed by atoms with Crippen LogP contribution in [0.25, 0.3) is 17.9 Å². The molecule has 0 heteroatoms. The Kier molecular flexibility index (Phi) is 3.33. The summed E-state index contributed by atoms with van der Waals surface area (Å²) in [6, 6.07) is 8.78. The summed E-state index contributed by atoms with van der Waals surface area (Å²) in [6.07, 6.45) is 16.2. The maximum atomic E-state index is 3.66. The summed E-state index contributed by atoms with van der Waals surface area (Å²) >= 11 is 0. The van der Waals surface area contributed by atoms with Gasteiger partial charge < -0.3 is 0 Å². The van der Waals surface area contributed by atoms with E-state index in [9.17, 15) is 0 Å². The Hall–Kier alpha value is -2.69. The molecule has 2 aliphatic carbocycles. The van der Waals surface area contributed by atoms with Gasteiger partial charge in [0.15, 0.2) is 0 Å². The maximum Gasteiger partial charge on any atom is 0.107 e. The Balaban J connectivity index is 2.22. The van der Waals surface area contributed by atoms with Crippen molar-refractivity contribution in [3.05, 3.63) is 98.1 Å². The van der Waals surface area contributed by atoms with Gasteiger partial charge in [0, 0.05) is 35.4 Å². The number of fused-ring (bicyclic) bond motifs is 2. The van der Waals surface area contributed by atoms with Gasteiger partial charge >= 0.3 is 0 Å². The van der Waals surface area contributed by atoms with E-state index in [0.29, 0.717) is 0 Å². The van der Waals surface area contributed by atoms with Crippen molar-refractivity contribution in [3.8, 4) is 0 Å². The average Bonchev–Trinajstić information content (AvgIpc) is 2.60. The zero-order chi connectivity index (χ0) is 15.8. The molecule has 0 aliphatic heterocycles. The molecule has 2 aliphatic rings. The Morgan fingerprint density at radius 1 is 0.870 bits per heavy atom. The fraction of sp³-hybridized carbons (Fsp3) is 0.130. The van der Waals surface area contributed by atoms with Crippen LogP contribution in [-0.2, 0) is 6.42 Å². The lowest BCUT2D eigenvalue weighted by Crippen LogP contribution is -2.34. The number of hydrogen-bond acceptors (Lipinski definition) is 0. The second kappa shape index (κ2) is 5.50. The van der Waals surface area contributed by atoms with E-state index in [1.54, 1.807) is 0 Å². The van der Waals surface area contributed by atoms with Crippen molar-refractivity contribution in [2.24, 2.45) is 0 Å². The van der Waals surface area contributed by atoms with Crippen LogP contribution in [0.5, 0.6) is 0 Å². The van der Waals surface area contributed by atoms with Crippen molar-refractivity contribution in [2.75, 3.05) is 0 Å². The maximum absolute atomic E-state index is 3.66. The Bertz CT molecular complexity index is 1010. The Labute approximate surface area is 136 Å². The molecular formula is C23H19+. The monoisotopic (exact) mass is 295 g/mol. The Morgan fingerprint density at radius 2 is 1.61 bits per heavy atom. The van der Waals surface area contributed by atoms with Gasteiger partial charge in [-0.3, -0.25) is 0 Å². The van der Waals surface area contributed by atoms with Crippen molar-refractivity contribution >= 4 is 17.9 Å². The highest BCUT2D eigenvalue weighted by molar-refractivity contribution is 5.54. The van der Waals surface area contributed by atoms with Crippen molar-refractivity contribution in [3.63, 3.8) is 0 Å². The van der Waals surface area contributed by atoms with E-state index in [1.807, 2.05) is 0 Å². The van der Waals surface area contributed by atoms with Crippen LogP contribution in [0.3, 0.4) is 0 Å². The third-order valence-corrected chi connectivity index (χ3v) is 4.72. The van der Waals surface area contributed by atoms with E-state index < -0.39 is 0 Å². The SMILES string of the molecule is Cc1ccc(=C=c2ccc(C)c3c2=CC=CC3)c2c1[CH+]C=CC=2. The first-order valence-corrected chi connectivity index (χ1v) is 8.12. The summed E-state index contributed by atoms with van der Waals surface area (Å²) in [5.74, 6) is 0. The molecule has 0 N–H and O–H groups in total. The molecule has 23 heavy (non-hydrogen) atoms. The van der Waals surface area contributed by atoms with Crippen molar-refractivity contribution in [1.82, 2.24) is 0 Å². The molecule has 0 amide bonds. The average molecular weight is 295 g/mol. The normalized spacial score (nSPS) is 14.0. The van der Waals surface area contributed by atoms with E-state index in [4.69, 9.17) is 0 Å². The van der Waals surface area contributed by atoms with E-state index in [1.165, 1.54) is 43.1 Å². The van der Waals surface area contributed by atoms with Gasteiger partial charge in [-0.05, 0) is 54.8 Å². The van der Waals surface area contributed by atoms with Crippen LogP contribution in [-0.4, -0.2) is 0 Å². The van der Waals surface area contributed by atoms with Gasteiger partial charge in [-0.1, -0.05) is 30.0 Å². The van der Waals surface area contributed by atoms with Crippen molar-refractivity contribution in [2.45, 2.75) is 20.3 Å². The molecule has 0 aromatic heterocycles. The zero-order valence-corrected chi connectivity index (χ0v) is 13.6. The minimum atomic E-state index is 1.02. The first-order chi connectivity index (χ1) is 11.2. The Morgan fingerprint density at radius 3 is 2.48 bits per heavy atom. The largest absolute Gasteiger partial charge is 0.107 e. The van der Waals surface area contributed by atoms with Gasteiger partial charge in [0.1, 0.15) is 5.56 Å². The van der Waals surface area contributed by atoms with Crippen LogP contribution in [0.4, 0.5) is 0 Å². The predicted molar refractivity (Wildman–Crippen MR) is 97.7 cm³/mol.